The predicted octanol–water partition coefficient (Wildman–Crippen LogP) is 6.77. The Kier molecular flexibility index (Phi) is 9.34. The van der Waals surface area contributed by atoms with Gasteiger partial charge in [0.15, 0.2) is 0 Å². The third kappa shape index (κ3) is 7.42. The van der Waals surface area contributed by atoms with Crippen LogP contribution < -0.4 is 0 Å². The Morgan fingerprint density at radius 1 is 0.783 bits per heavy atom. The molecule has 0 saturated heterocycles. The molecule has 0 aromatic heterocycles. The lowest BCUT2D eigenvalue weighted by Gasteiger charge is -2.32. The number of unbranched alkanes of at least 4 members (excludes halogenated alkanes) is 1. The normalized spacial score (nSPS) is 31.9. The first kappa shape index (κ1) is 19.0. The number of hydrogen-bond acceptors (Lipinski definition) is 1. The number of rotatable bonds is 10. The molecule has 0 atom stereocenters. The van der Waals surface area contributed by atoms with E-state index in [9.17, 15) is 0 Å². The molecule has 2 rings (SSSR count). The molecule has 0 N–H and O–H groups in total. The lowest BCUT2D eigenvalue weighted by molar-refractivity contribution is 0.0842. The summed E-state index contributed by atoms with van der Waals surface area (Å²) in [6, 6.07) is 0. The maximum Gasteiger partial charge on any atom is 0.0494 e. The zero-order valence-corrected chi connectivity index (χ0v) is 15.6. The highest BCUT2D eigenvalue weighted by Gasteiger charge is 2.24. The molecule has 134 valence electrons. The van der Waals surface area contributed by atoms with Gasteiger partial charge >= 0.3 is 0 Å². The number of hydrogen-bond donors (Lipinski definition) is 0. The zero-order valence-electron chi connectivity index (χ0n) is 15.6. The van der Waals surface area contributed by atoms with Crippen LogP contribution in [0.4, 0.5) is 0 Å². The van der Waals surface area contributed by atoms with Crippen LogP contribution in [0.25, 0.3) is 0 Å². The van der Waals surface area contributed by atoms with Gasteiger partial charge in [-0.15, -0.1) is 6.58 Å². The van der Waals surface area contributed by atoms with Gasteiger partial charge < -0.3 is 4.74 Å². The minimum Gasteiger partial charge on any atom is -0.381 e. The molecular formula is C22H40O. The van der Waals surface area contributed by atoms with E-state index in [0.717, 1.165) is 36.9 Å². The fourth-order valence-electron chi connectivity index (χ4n) is 4.80. The summed E-state index contributed by atoms with van der Waals surface area (Å²) in [6.45, 7) is 7.85. The summed E-state index contributed by atoms with van der Waals surface area (Å²) in [5.74, 6) is 3.96. The largest absolute Gasteiger partial charge is 0.381 e. The van der Waals surface area contributed by atoms with E-state index in [1.165, 1.54) is 83.5 Å². The monoisotopic (exact) mass is 320 g/mol. The summed E-state index contributed by atoms with van der Waals surface area (Å²) in [7, 11) is 0. The van der Waals surface area contributed by atoms with Crippen molar-refractivity contribution in [3.8, 4) is 0 Å². The Morgan fingerprint density at radius 3 is 1.74 bits per heavy atom. The van der Waals surface area contributed by atoms with Crippen molar-refractivity contribution in [3.05, 3.63) is 12.7 Å². The second-order valence-corrected chi connectivity index (χ2v) is 8.23. The van der Waals surface area contributed by atoms with Crippen LogP contribution in [0.2, 0.25) is 0 Å². The van der Waals surface area contributed by atoms with E-state index in [1.54, 1.807) is 0 Å². The van der Waals surface area contributed by atoms with E-state index in [1.807, 2.05) is 0 Å². The summed E-state index contributed by atoms with van der Waals surface area (Å²) >= 11 is 0. The van der Waals surface area contributed by atoms with Crippen LogP contribution in [0.15, 0.2) is 12.7 Å². The molecule has 0 unspecified atom stereocenters. The third-order valence-corrected chi connectivity index (χ3v) is 6.49. The first-order chi connectivity index (χ1) is 11.3. The summed E-state index contributed by atoms with van der Waals surface area (Å²) in [5.41, 5.74) is 0. The van der Waals surface area contributed by atoms with Crippen LogP contribution in [0.5, 0.6) is 0 Å². The Bertz CT molecular complexity index is 295. The predicted molar refractivity (Wildman–Crippen MR) is 101 cm³/mol. The minimum atomic E-state index is 0.859. The summed E-state index contributed by atoms with van der Waals surface area (Å²) in [5, 5.41) is 0. The smallest absolute Gasteiger partial charge is 0.0494 e. The number of allylic oxidation sites excluding steroid dienone is 1. The highest BCUT2D eigenvalue weighted by atomic mass is 16.5. The van der Waals surface area contributed by atoms with E-state index >= 15 is 0 Å². The van der Waals surface area contributed by atoms with Gasteiger partial charge in [-0.05, 0) is 56.3 Å². The van der Waals surface area contributed by atoms with Gasteiger partial charge in [0.1, 0.15) is 0 Å². The topological polar surface area (TPSA) is 9.23 Å². The van der Waals surface area contributed by atoms with Crippen molar-refractivity contribution in [2.45, 2.75) is 90.4 Å². The van der Waals surface area contributed by atoms with Gasteiger partial charge in [-0.25, -0.2) is 0 Å². The van der Waals surface area contributed by atoms with E-state index in [2.05, 4.69) is 19.6 Å². The van der Waals surface area contributed by atoms with Gasteiger partial charge in [0.25, 0.3) is 0 Å². The van der Waals surface area contributed by atoms with Gasteiger partial charge in [-0.3, -0.25) is 0 Å². The first-order valence-corrected chi connectivity index (χ1v) is 10.5. The summed E-state index contributed by atoms with van der Waals surface area (Å²) < 4.78 is 5.60. The first-order valence-electron chi connectivity index (χ1n) is 10.5. The second-order valence-electron chi connectivity index (χ2n) is 8.23. The highest BCUT2D eigenvalue weighted by molar-refractivity contribution is 4.77. The molecular weight excluding hydrogens is 280 g/mol. The van der Waals surface area contributed by atoms with Crippen molar-refractivity contribution in [2.75, 3.05) is 13.2 Å². The Hall–Kier alpha value is -0.300. The van der Waals surface area contributed by atoms with Gasteiger partial charge in [0, 0.05) is 13.2 Å². The highest BCUT2D eigenvalue weighted by Crippen LogP contribution is 2.37. The molecule has 0 heterocycles. The Morgan fingerprint density at radius 2 is 1.26 bits per heavy atom. The molecule has 0 bridgehead atoms. The van der Waals surface area contributed by atoms with E-state index in [-0.39, 0.29) is 0 Å². The molecule has 0 aliphatic heterocycles. The van der Waals surface area contributed by atoms with Gasteiger partial charge in [0.2, 0.25) is 0 Å². The molecule has 23 heavy (non-hydrogen) atoms. The van der Waals surface area contributed by atoms with Crippen LogP contribution in [0.3, 0.4) is 0 Å². The molecule has 0 radical (unpaired) electrons. The molecule has 1 heteroatoms. The second kappa shape index (κ2) is 11.3. The SMILES string of the molecule is C=CCCC[C@H]1CC[C@H](CCC2CCC(COCC)CC2)CC1. The quantitative estimate of drug-likeness (QED) is 0.319. The van der Waals surface area contributed by atoms with Crippen molar-refractivity contribution >= 4 is 0 Å². The average Bonchev–Trinajstić information content (AvgIpc) is 2.60. The molecule has 2 aliphatic carbocycles. The molecule has 0 aromatic rings. The molecule has 2 fully saturated rings. The van der Waals surface area contributed by atoms with E-state index in [4.69, 9.17) is 4.74 Å². The van der Waals surface area contributed by atoms with Crippen molar-refractivity contribution < 1.29 is 4.74 Å². The summed E-state index contributed by atoms with van der Waals surface area (Å²) in [6.07, 6.45) is 20.9. The molecule has 2 saturated carbocycles. The summed E-state index contributed by atoms with van der Waals surface area (Å²) in [4.78, 5) is 0. The Balaban J connectivity index is 1.51. The molecule has 2 aliphatic rings. The maximum atomic E-state index is 5.60. The lowest BCUT2D eigenvalue weighted by Crippen LogP contribution is -2.20. The van der Waals surface area contributed by atoms with Crippen LogP contribution in [-0.2, 0) is 4.74 Å². The maximum absolute atomic E-state index is 5.60. The molecule has 0 aromatic carbocycles. The fourth-order valence-corrected chi connectivity index (χ4v) is 4.80. The Labute approximate surface area is 145 Å². The average molecular weight is 321 g/mol. The lowest BCUT2D eigenvalue weighted by atomic mass is 9.75. The molecule has 0 amide bonds. The van der Waals surface area contributed by atoms with Crippen LogP contribution in [0.1, 0.15) is 90.4 Å². The van der Waals surface area contributed by atoms with Gasteiger partial charge in [-0.1, -0.05) is 63.9 Å². The van der Waals surface area contributed by atoms with E-state index in [0.29, 0.717) is 0 Å². The standard InChI is InChI=1S/C22H40O/c1-3-5-6-7-19-8-10-20(11-9-19)12-13-21-14-16-22(17-15-21)18-23-4-2/h3,19-22H,1,4-18H2,2H3/t19-,20-,21?,22?. The third-order valence-electron chi connectivity index (χ3n) is 6.49. The minimum absolute atomic E-state index is 0.859. The van der Waals surface area contributed by atoms with E-state index < -0.39 is 0 Å². The van der Waals surface area contributed by atoms with Gasteiger partial charge in [0.05, 0.1) is 0 Å². The van der Waals surface area contributed by atoms with Crippen LogP contribution >= 0.6 is 0 Å². The molecule has 0 spiro atoms. The number of ether oxygens (including phenoxy) is 1. The van der Waals surface area contributed by atoms with Crippen molar-refractivity contribution in [1.29, 1.82) is 0 Å². The van der Waals surface area contributed by atoms with Crippen molar-refractivity contribution in [3.63, 3.8) is 0 Å². The van der Waals surface area contributed by atoms with Crippen molar-refractivity contribution in [1.82, 2.24) is 0 Å². The van der Waals surface area contributed by atoms with Crippen molar-refractivity contribution in [2.24, 2.45) is 23.7 Å². The zero-order chi connectivity index (χ0) is 16.3. The molecule has 1 nitrogen and oxygen atoms in total. The van der Waals surface area contributed by atoms with Gasteiger partial charge in [-0.2, -0.15) is 0 Å². The fraction of sp³-hybridized carbons (Fsp3) is 0.909. The van der Waals surface area contributed by atoms with Crippen LogP contribution in [-0.4, -0.2) is 13.2 Å². The van der Waals surface area contributed by atoms with Crippen LogP contribution in [0, 0.1) is 23.7 Å².